The summed E-state index contributed by atoms with van der Waals surface area (Å²) in [5.41, 5.74) is 4.23. The lowest BCUT2D eigenvalue weighted by Gasteiger charge is -2.25. The zero-order valence-corrected chi connectivity index (χ0v) is 12.4. The Balaban J connectivity index is 1.83. The lowest BCUT2D eigenvalue weighted by atomic mass is 9.96. The number of aromatic nitrogens is 4. The summed E-state index contributed by atoms with van der Waals surface area (Å²) in [6, 6.07) is 7.09. The summed E-state index contributed by atoms with van der Waals surface area (Å²) < 4.78 is 0. The van der Waals surface area contributed by atoms with E-state index in [1.807, 2.05) is 7.05 Å². The van der Waals surface area contributed by atoms with Crippen LogP contribution in [0.4, 0.5) is 0 Å². The zero-order valence-electron chi connectivity index (χ0n) is 12.4. The van der Waals surface area contributed by atoms with Crippen molar-refractivity contribution in [1.29, 1.82) is 0 Å². The van der Waals surface area contributed by atoms with Gasteiger partial charge in [-0.1, -0.05) is 18.2 Å². The van der Waals surface area contributed by atoms with E-state index in [2.05, 4.69) is 52.4 Å². The molecule has 2 aromatic rings. The Morgan fingerprint density at radius 1 is 1.30 bits per heavy atom. The molecule has 2 heterocycles. The first-order valence-corrected chi connectivity index (χ1v) is 7.18. The van der Waals surface area contributed by atoms with Crippen LogP contribution in [0, 0.1) is 13.8 Å². The van der Waals surface area contributed by atoms with Gasteiger partial charge in [0.1, 0.15) is 0 Å². The molecule has 1 aromatic heterocycles. The Hall–Kier alpha value is -1.75. The molecule has 20 heavy (non-hydrogen) atoms. The average molecular weight is 271 g/mol. The molecule has 0 saturated carbocycles. The first-order chi connectivity index (χ1) is 9.65. The molecule has 0 N–H and O–H groups in total. The number of aryl methyl sites for hydroxylation is 2. The van der Waals surface area contributed by atoms with Crippen molar-refractivity contribution in [1.82, 2.24) is 25.1 Å². The summed E-state index contributed by atoms with van der Waals surface area (Å²) >= 11 is 0. The minimum atomic E-state index is 0.485. The lowest BCUT2D eigenvalue weighted by molar-refractivity contribution is 0.241. The minimum Gasteiger partial charge on any atom is -0.289 e. The summed E-state index contributed by atoms with van der Waals surface area (Å²) in [6.07, 6.45) is 2.45. The van der Waals surface area contributed by atoms with Crippen LogP contribution in [0.1, 0.15) is 41.4 Å². The van der Waals surface area contributed by atoms with Crippen molar-refractivity contribution in [2.24, 2.45) is 7.05 Å². The zero-order chi connectivity index (χ0) is 14.1. The monoisotopic (exact) mass is 271 g/mol. The van der Waals surface area contributed by atoms with Crippen molar-refractivity contribution in [2.45, 2.75) is 39.3 Å². The highest BCUT2D eigenvalue weighted by molar-refractivity contribution is 5.35. The molecular formula is C15H21N5. The summed E-state index contributed by atoms with van der Waals surface area (Å²) in [7, 11) is 1.81. The molecule has 1 aromatic carbocycles. The van der Waals surface area contributed by atoms with Crippen LogP contribution in [0.3, 0.4) is 0 Å². The van der Waals surface area contributed by atoms with Gasteiger partial charge in [-0.15, -0.1) is 10.2 Å². The van der Waals surface area contributed by atoms with Crippen LogP contribution in [-0.2, 0) is 13.6 Å². The van der Waals surface area contributed by atoms with E-state index in [0.29, 0.717) is 6.04 Å². The summed E-state index contributed by atoms with van der Waals surface area (Å²) in [5.74, 6) is 0.810. The van der Waals surface area contributed by atoms with Crippen molar-refractivity contribution in [3.05, 3.63) is 40.7 Å². The van der Waals surface area contributed by atoms with Gasteiger partial charge >= 0.3 is 0 Å². The highest BCUT2D eigenvalue weighted by Crippen LogP contribution is 2.35. The minimum absolute atomic E-state index is 0.485. The molecule has 0 amide bonds. The second-order valence-corrected chi connectivity index (χ2v) is 5.61. The molecule has 0 radical (unpaired) electrons. The molecule has 1 aliphatic rings. The number of benzene rings is 1. The number of tetrazole rings is 1. The van der Waals surface area contributed by atoms with E-state index in [1.165, 1.54) is 34.3 Å². The van der Waals surface area contributed by atoms with Crippen LogP contribution < -0.4 is 0 Å². The van der Waals surface area contributed by atoms with Gasteiger partial charge in [0.15, 0.2) is 5.82 Å². The Morgan fingerprint density at radius 2 is 2.15 bits per heavy atom. The molecule has 0 bridgehead atoms. The van der Waals surface area contributed by atoms with Crippen molar-refractivity contribution in [3.8, 4) is 0 Å². The third-order valence-electron chi connectivity index (χ3n) is 4.26. The summed E-state index contributed by atoms with van der Waals surface area (Å²) in [5, 5.41) is 12.3. The highest BCUT2D eigenvalue weighted by Gasteiger charge is 2.28. The molecule has 1 saturated heterocycles. The maximum atomic E-state index is 4.30. The van der Waals surface area contributed by atoms with Crippen LogP contribution >= 0.6 is 0 Å². The maximum absolute atomic E-state index is 4.30. The number of rotatable bonds is 3. The maximum Gasteiger partial charge on any atom is 0.188 e. The number of likely N-dealkylation sites (tertiary alicyclic amines) is 1. The molecule has 5 heteroatoms. The van der Waals surface area contributed by atoms with Crippen molar-refractivity contribution in [3.63, 3.8) is 0 Å². The van der Waals surface area contributed by atoms with Gasteiger partial charge in [-0.25, -0.2) is 0 Å². The first-order valence-electron chi connectivity index (χ1n) is 7.18. The predicted octanol–water partition coefficient (Wildman–Crippen LogP) is 2.16. The van der Waals surface area contributed by atoms with Crippen molar-refractivity contribution >= 4 is 0 Å². The van der Waals surface area contributed by atoms with Gasteiger partial charge in [-0.05, 0) is 55.1 Å². The Bertz CT molecular complexity index is 604. The SMILES string of the molecule is Cc1cccc([C@H]2CCCN2Cc2nnn(C)n2)c1C. The van der Waals surface area contributed by atoms with E-state index < -0.39 is 0 Å². The van der Waals surface area contributed by atoms with Crippen molar-refractivity contribution in [2.75, 3.05) is 6.54 Å². The van der Waals surface area contributed by atoms with Gasteiger partial charge < -0.3 is 0 Å². The molecule has 1 aliphatic heterocycles. The van der Waals surface area contributed by atoms with Crippen molar-refractivity contribution < 1.29 is 0 Å². The molecule has 0 aliphatic carbocycles. The Morgan fingerprint density at radius 3 is 2.90 bits per heavy atom. The van der Waals surface area contributed by atoms with Crippen LogP contribution in [-0.4, -0.2) is 31.7 Å². The molecule has 106 valence electrons. The normalized spacial score (nSPS) is 19.6. The van der Waals surface area contributed by atoms with E-state index >= 15 is 0 Å². The lowest BCUT2D eigenvalue weighted by Crippen LogP contribution is -2.24. The molecule has 5 nitrogen and oxygen atoms in total. The molecule has 0 spiro atoms. The van der Waals surface area contributed by atoms with Crippen LogP contribution in [0.5, 0.6) is 0 Å². The smallest absolute Gasteiger partial charge is 0.188 e. The second kappa shape index (κ2) is 5.32. The van der Waals surface area contributed by atoms with E-state index in [9.17, 15) is 0 Å². The third-order valence-corrected chi connectivity index (χ3v) is 4.26. The van der Waals surface area contributed by atoms with E-state index in [1.54, 1.807) is 0 Å². The van der Waals surface area contributed by atoms with Gasteiger partial charge in [0.05, 0.1) is 13.6 Å². The summed E-state index contributed by atoms with van der Waals surface area (Å²) in [6.45, 7) is 6.30. The van der Waals surface area contributed by atoms with Gasteiger partial charge in [0.25, 0.3) is 0 Å². The van der Waals surface area contributed by atoms with E-state index in [4.69, 9.17) is 0 Å². The van der Waals surface area contributed by atoms with Gasteiger partial charge in [-0.3, -0.25) is 4.90 Å². The quantitative estimate of drug-likeness (QED) is 0.858. The summed E-state index contributed by atoms with van der Waals surface area (Å²) in [4.78, 5) is 4.00. The van der Waals surface area contributed by atoms with Crippen LogP contribution in [0.15, 0.2) is 18.2 Å². The predicted molar refractivity (Wildman–Crippen MR) is 77.1 cm³/mol. The Kier molecular flexibility index (Phi) is 3.53. The van der Waals surface area contributed by atoms with E-state index in [0.717, 1.165) is 18.9 Å². The number of hydrogen-bond acceptors (Lipinski definition) is 4. The van der Waals surface area contributed by atoms with Gasteiger partial charge in [0, 0.05) is 6.04 Å². The van der Waals surface area contributed by atoms with Gasteiger partial charge in [-0.2, -0.15) is 4.80 Å². The first kappa shape index (κ1) is 13.2. The standard InChI is InChI=1S/C15H21N5/c1-11-6-4-7-13(12(11)2)14-8-5-9-20(14)10-15-16-18-19(3)17-15/h4,6-7,14H,5,8-10H2,1-3H3/t14-/m1/s1. The fraction of sp³-hybridized carbons (Fsp3) is 0.533. The number of nitrogens with zero attached hydrogens (tertiary/aromatic N) is 5. The number of hydrogen-bond donors (Lipinski definition) is 0. The Labute approximate surface area is 119 Å². The molecule has 1 fully saturated rings. The second-order valence-electron chi connectivity index (χ2n) is 5.61. The van der Waals surface area contributed by atoms with Gasteiger partial charge in [0.2, 0.25) is 0 Å². The molecule has 1 atom stereocenters. The fourth-order valence-electron chi connectivity index (χ4n) is 3.07. The molecule has 3 rings (SSSR count). The molecule has 0 unspecified atom stereocenters. The third kappa shape index (κ3) is 2.45. The fourth-order valence-corrected chi connectivity index (χ4v) is 3.07. The largest absolute Gasteiger partial charge is 0.289 e. The van der Waals surface area contributed by atoms with Crippen LogP contribution in [0.25, 0.3) is 0 Å². The topological polar surface area (TPSA) is 46.8 Å². The highest BCUT2D eigenvalue weighted by atomic mass is 15.6. The van der Waals surface area contributed by atoms with Crippen LogP contribution in [0.2, 0.25) is 0 Å². The van der Waals surface area contributed by atoms with E-state index in [-0.39, 0.29) is 0 Å². The molecular weight excluding hydrogens is 250 g/mol. The average Bonchev–Trinajstić information content (AvgIpc) is 3.03.